The van der Waals surface area contributed by atoms with Gasteiger partial charge in [0.15, 0.2) is 5.76 Å². The molecule has 3 heteroatoms. The average molecular weight is 255 g/mol. The summed E-state index contributed by atoms with van der Waals surface area (Å²) < 4.78 is 5.33. The Hall–Kier alpha value is -2.03. The molecule has 1 aliphatic carbocycles. The lowest BCUT2D eigenvalue weighted by Gasteiger charge is -2.21. The quantitative estimate of drug-likeness (QED) is 0.839. The van der Waals surface area contributed by atoms with E-state index >= 15 is 0 Å². The van der Waals surface area contributed by atoms with Crippen LogP contribution in [0.5, 0.6) is 0 Å². The number of furan rings is 1. The van der Waals surface area contributed by atoms with E-state index in [0.717, 1.165) is 24.0 Å². The summed E-state index contributed by atoms with van der Waals surface area (Å²) in [5.41, 5.74) is 2.07. The van der Waals surface area contributed by atoms with Gasteiger partial charge in [-0.3, -0.25) is 4.79 Å². The maximum absolute atomic E-state index is 12.5. The van der Waals surface area contributed by atoms with E-state index in [-0.39, 0.29) is 5.91 Å². The van der Waals surface area contributed by atoms with Gasteiger partial charge in [-0.25, -0.2) is 0 Å². The molecule has 2 aromatic rings. The van der Waals surface area contributed by atoms with Crippen LogP contribution >= 0.6 is 0 Å². The number of nitrogens with zero attached hydrogens (tertiary/aromatic N) is 1. The number of benzene rings is 1. The lowest BCUT2D eigenvalue weighted by molar-refractivity contribution is 0.0696. The zero-order chi connectivity index (χ0) is 13.2. The predicted molar refractivity (Wildman–Crippen MR) is 72.8 cm³/mol. The maximum Gasteiger partial charge on any atom is 0.290 e. The third-order valence-corrected chi connectivity index (χ3v) is 3.50. The number of carbonyl (C=O) groups excluding carboxylic acids is 1. The van der Waals surface area contributed by atoms with Crippen LogP contribution in [0.25, 0.3) is 0 Å². The summed E-state index contributed by atoms with van der Waals surface area (Å²) in [6.07, 6.45) is 3.77. The molecule has 1 aliphatic rings. The minimum atomic E-state index is 0.00820. The van der Waals surface area contributed by atoms with Crippen molar-refractivity contribution in [2.75, 3.05) is 0 Å². The molecule has 98 valence electrons. The topological polar surface area (TPSA) is 33.5 Å². The van der Waals surface area contributed by atoms with Crippen LogP contribution in [0.2, 0.25) is 0 Å². The van der Waals surface area contributed by atoms with E-state index in [9.17, 15) is 4.79 Å². The fourth-order valence-corrected chi connectivity index (χ4v) is 2.26. The van der Waals surface area contributed by atoms with Crippen molar-refractivity contribution >= 4 is 5.91 Å². The Morgan fingerprint density at radius 3 is 2.58 bits per heavy atom. The van der Waals surface area contributed by atoms with Crippen molar-refractivity contribution in [1.82, 2.24) is 4.90 Å². The first-order chi connectivity index (χ1) is 9.25. The molecule has 0 unspecified atom stereocenters. The fraction of sp³-hybridized carbons (Fsp3) is 0.312. The molecule has 19 heavy (non-hydrogen) atoms. The first kappa shape index (κ1) is 12.0. The molecule has 3 rings (SSSR count). The summed E-state index contributed by atoms with van der Waals surface area (Å²) in [5.74, 6) is 0.483. The van der Waals surface area contributed by atoms with Crippen LogP contribution in [0.15, 0.2) is 47.1 Å². The van der Waals surface area contributed by atoms with Gasteiger partial charge in [0.1, 0.15) is 0 Å². The molecular weight excluding hydrogens is 238 g/mol. The Morgan fingerprint density at radius 2 is 2.00 bits per heavy atom. The Morgan fingerprint density at radius 1 is 1.26 bits per heavy atom. The molecule has 0 N–H and O–H groups in total. The molecule has 0 bridgehead atoms. The summed E-state index contributed by atoms with van der Waals surface area (Å²) in [6.45, 7) is 2.56. The highest BCUT2D eigenvalue weighted by atomic mass is 16.3. The molecule has 1 amide bonds. The maximum atomic E-state index is 12.5. The molecule has 0 spiro atoms. The van der Waals surface area contributed by atoms with E-state index in [1.807, 2.05) is 36.1 Å². The van der Waals surface area contributed by atoms with Gasteiger partial charge in [-0.05, 0) is 31.4 Å². The Kier molecular flexibility index (Phi) is 3.11. The van der Waals surface area contributed by atoms with E-state index < -0.39 is 0 Å². The molecule has 0 atom stereocenters. The Labute approximate surface area is 112 Å². The van der Waals surface area contributed by atoms with Gasteiger partial charge in [0.2, 0.25) is 0 Å². The van der Waals surface area contributed by atoms with Crippen LogP contribution < -0.4 is 0 Å². The van der Waals surface area contributed by atoms with E-state index in [2.05, 4.69) is 12.1 Å². The van der Waals surface area contributed by atoms with Crippen molar-refractivity contribution in [2.24, 2.45) is 0 Å². The van der Waals surface area contributed by atoms with E-state index in [1.165, 1.54) is 0 Å². The molecule has 3 nitrogen and oxygen atoms in total. The molecule has 1 aromatic heterocycles. The van der Waals surface area contributed by atoms with Gasteiger partial charge in [0.05, 0.1) is 6.26 Å². The average Bonchev–Trinajstić information content (AvgIpc) is 3.18. The number of hydrogen-bond donors (Lipinski definition) is 0. The smallest absolute Gasteiger partial charge is 0.290 e. The second kappa shape index (κ2) is 4.92. The molecule has 1 saturated carbocycles. The standard InChI is InChI=1S/C16H17NO2/c1-12-9-10-19-15(12)16(18)17(14-7-8-14)11-13-5-3-2-4-6-13/h2-6,9-10,14H,7-8,11H2,1H3. The Balaban J connectivity index is 1.82. The van der Waals surface area contributed by atoms with Crippen molar-refractivity contribution in [3.05, 3.63) is 59.5 Å². The highest BCUT2D eigenvalue weighted by Crippen LogP contribution is 2.30. The Bertz CT molecular complexity index is 569. The van der Waals surface area contributed by atoms with Gasteiger partial charge >= 0.3 is 0 Å². The molecule has 1 aromatic carbocycles. The van der Waals surface area contributed by atoms with Crippen molar-refractivity contribution in [2.45, 2.75) is 32.4 Å². The van der Waals surface area contributed by atoms with Crippen LogP contribution in [0.4, 0.5) is 0 Å². The van der Waals surface area contributed by atoms with Gasteiger partial charge in [0, 0.05) is 18.2 Å². The van der Waals surface area contributed by atoms with Crippen LogP contribution in [-0.4, -0.2) is 16.8 Å². The summed E-state index contributed by atoms with van der Waals surface area (Å²) >= 11 is 0. The van der Waals surface area contributed by atoms with Crippen molar-refractivity contribution in [1.29, 1.82) is 0 Å². The van der Waals surface area contributed by atoms with E-state index in [0.29, 0.717) is 18.3 Å². The van der Waals surface area contributed by atoms with Crippen LogP contribution in [-0.2, 0) is 6.54 Å². The fourth-order valence-electron chi connectivity index (χ4n) is 2.26. The van der Waals surface area contributed by atoms with Gasteiger partial charge in [0.25, 0.3) is 5.91 Å². The summed E-state index contributed by atoms with van der Waals surface area (Å²) in [7, 11) is 0. The zero-order valence-corrected chi connectivity index (χ0v) is 11.0. The zero-order valence-electron chi connectivity index (χ0n) is 11.0. The van der Waals surface area contributed by atoms with Gasteiger partial charge in [-0.2, -0.15) is 0 Å². The third-order valence-electron chi connectivity index (χ3n) is 3.50. The second-order valence-electron chi connectivity index (χ2n) is 5.08. The number of aryl methyl sites for hydroxylation is 1. The number of rotatable bonds is 4. The molecule has 0 radical (unpaired) electrons. The first-order valence-corrected chi connectivity index (χ1v) is 6.64. The molecule has 1 heterocycles. The lowest BCUT2D eigenvalue weighted by atomic mass is 10.2. The van der Waals surface area contributed by atoms with Crippen molar-refractivity contribution in [3.63, 3.8) is 0 Å². The minimum absolute atomic E-state index is 0.00820. The summed E-state index contributed by atoms with van der Waals surface area (Å²) in [4.78, 5) is 14.5. The summed E-state index contributed by atoms with van der Waals surface area (Å²) in [5, 5.41) is 0. The molecule has 1 fully saturated rings. The van der Waals surface area contributed by atoms with Crippen molar-refractivity contribution < 1.29 is 9.21 Å². The van der Waals surface area contributed by atoms with Crippen molar-refractivity contribution in [3.8, 4) is 0 Å². The van der Waals surface area contributed by atoms with Gasteiger partial charge in [-0.1, -0.05) is 30.3 Å². The van der Waals surface area contributed by atoms with E-state index in [4.69, 9.17) is 4.42 Å². The normalized spacial score (nSPS) is 14.4. The highest BCUT2D eigenvalue weighted by Gasteiger charge is 2.34. The SMILES string of the molecule is Cc1ccoc1C(=O)N(Cc1ccccc1)C1CC1. The second-order valence-corrected chi connectivity index (χ2v) is 5.08. The predicted octanol–water partition coefficient (Wildman–Crippen LogP) is 3.39. The first-order valence-electron chi connectivity index (χ1n) is 6.64. The number of carbonyl (C=O) groups is 1. The summed E-state index contributed by atoms with van der Waals surface area (Å²) in [6, 6.07) is 12.3. The number of amides is 1. The largest absolute Gasteiger partial charge is 0.459 e. The third kappa shape index (κ3) is 2.55. The van der Waals surface area contributed by atoms with Gasteiger partial charge < -0.3 is 9.32 Å². The molecule has 0 saturated heterocycles. The van der Waals surface area contributed by atoms with Crippen LogP contribution in [0, 0.1) is 6.92 Å². The molecule has 0 aliphatic heterocycles. The lowest BCUT2D eigenvalue weighted by Crippen LogP contribution is -2.32. The highest BCUT2D eigenvalue weighted by molar-refractivity contribution is 5.93. The van der Waals surface area contributed by atoms with Gasteiger partial charge in [-0.15, -0.1) is 0 Å². The van der Waals surface area contributed by atoms with E-state index in [1.54, 1.807) is 6.26 Å². The molecular formula is C16H17NO2. The number of hydrogen-bond acceptors (Lipinski definition) is 2. The monoisotopic (exact) mass is 255 g/mol. The van der Waals surface area contributed by atoms with Crippen LogP contribution in [0.1, 0.15) is 34.5 Å². The van der Waals surface area contributed by atoms with Crippen LogP contribution in [0.3, 0.4) is 0 Å². The minimum Gasteiger partial charge on any atom is -0.459 e.